The molecule has 1 unspecified atom stereocenters. The Morgan fingerprint density at radius 1 is 1.47 bits per heavy atom. The van der Waals surface area contributed by atoms with Crippen LogP contribution in [-0.2, 0) is 9.53 Å². The van der Waals surface area contributed by atoms with E-state index in [-0.39, 0.29) is 12.3 Å². The number of Topliss-reactive ketones (excluding diaryl/α,β-unsaturated/α-hetero) is 1. The lowest BCUT2D eigenvalue weighted by Crippen LogP contribution is -2.23. The van der Waals surface area contributed by atoms with Gasteiger partial charge in [-0.1, -0.05) is 6.42 Å². The summed E-state index contributed by atoms with van der Waals surface area (Å²) in [5.74, 6) is -1.56. The van der Waals surface area contributed by atoms with Crippen LogP contribution in [0.1, 0.15) is 38.5 Å². The minimum Gasteiger partial charge on any atom is -0.504 e. The highest BCUT2D eigenvalue weighted by molar-refractivity contribution is 5.83. The number of alkyl halides is 3. The second-order valence-corrected chi connectivity index (χ2v) is 4.33. The second-order valence-electron chi connectivity index (χ2n) is 4.33. The van der Waals surface area contributed by atoms with Gasteiger partial charge < -0.3 is 4.74 Å². The average Bonchev–Trinajstić information content (AvgIpc) is 2.26. The lowest BCUT2D eigenvalue weighted by atomic mass is 9.82. The summed E-state index contributed by atoms with van der Waals surface area (Å²) in [7, 11) is 1.53. The minimum atomic E-state index is -4.69. The highest BCUT2D eigenvalue weighted by atomic mass is 19.4. The van der Waals surface area contributed by atoms with E-state index in [1.807, 2.05) is 0 Å². The minimum absolute atomic E-state index is 0.0648. The summed E-state index contributed by atoms with van der Waals surface area (Å²) in [6.45, 7) is 0. The summed E-state index contributed by atoms with van der Waals surface area (Å²) in [6.07, 6.45) is 0.522. The van der Waals surface area contributed by atoms with Crippen LogP contribution in [0.15, 0.2) is 11.8 Å². The number of halogens is 3. The van der Waals surface area contributed by atoms with E-state index in [4.69, 9.17) is 4.74 Å². The van der Waals surface area contributed by atoms with Crippen LogP contribution in [0.25, 0.3) is 0 Å². The van der Waals surface area contributed by atoms with Gasteiger partial charge in [0.1, 0.15) is 0 Å². The van der Waals surface area contributed by atoms with E-state index in [1.54, 1.807) is 6.26 Å². The third-order valence-corrected chi connectivity index (χ3v) is 3.10. The van der Waals surface area contributed by atoms with Gasteiger partial charge in [-0.25, -0.2) is 0 Å². The molecular formula is C12H17F3O2. The average molecular weight is 250 g/mol. The van der Waals surface area contributed by atoms with E-state index in [9.17, 15) is 18.0 Å². The molecule has 5 heteroatoms. The smallest absolute Gasteiger partial charge is 0.449 e. The molecule has 17 heavy (non-hydrogen) atoms. The zero-order valence-electron chi connectivity index (χ0n) is 9.85. The Labute approximate surface area is 98.8 Å². The number of hydrogen-bond donors (Lipinski definition) is 0. The van der Waals surface area contributed by atoms with Crippen LogP contribution in [-0.4, -0.2) is 19.1 Å². The number of rotatable bonds is 4. The summed E-state index contributed by atoms with van der Waals surface area (Å²) in [4.78, 5) is 10.8. The molecule has 1 fully saturated rings. The Morgan fingerprint density at radius 2 is 2.18 bits per heavy atom. The van der Waals surface area contributed by atoms with Gasteiger partial charge in [0.05, 0.1) is 13.4 Å². The van der Waals surface area contributed by atoms with Gasteiger partial charge in [0.25, 0.3) is 0 Å². The number of methoxy groups -OCH3 is 1. The first kappa shape index (κ1) is 14.1. The summed E-state index contributed by atoms with van der Waals surface area (Å²) >= 11 is 0. The Kier molecular flexibility index (Phi) is 5.02. The zero-order valence-corrected chi connectivity index (χ0v) is 9.85. The normalized spacial score (nSPS) is 23.8. The molecule has 0 saturated heterocycles. The molecule has 0 aromatic heterocycles. The number of ether oxygens (including phenoxy) is 1. The highest BCUT2D eigenvalue weighted by Gasteiger charge is 2.38. The maximum absolute atomic E-state index is 12.1. The SMILES string of the molecule is CO/C=C1\CCCCC1CCC(=O)C(F)(F)F. The molecule has 0 radical (unpaired) electrons. The molecule has 0 aromatic rings. The highest BCUT2D eigenvalue weighted by Crippen LogP contribution is 2.33. The van der Waals surface area contributed by atoms with Crippen molar-refractivity contribution in [3.63, 3.8) is 0 Å². The Bertz CT molecular complexity index is 295. The monoisotopic (exact) mass is 250 g/mol. The van der Waals surface area contributed by atoms with E-state index in [1.165, 1.54) is 7.11 Å². The van der Waals surface area contributed by atoms with Gasteiger partial charge in [0.2, 0.25) is 5.78 Å². The molecule has 0 bridgehead atoms. The van der Waals surface area contributed by atoms with Crippen LogP contribution in [0, 0.1) is 5.92 Å². The first-order valence-electron chi connectivity index (χ1n) is 5.77. The molecule has 1 aliphatic carbocycles. The van der Waals surface area contributed by atoms with Crippen LogP contribution >= 0.6 is 0 Å². The molecule has 0 amide bonds. The molecule has 0 heterocycles. The third-order valence-electron chi connectivity index (χ3n) is 3.10. The van der Waals surface area contributed by atoms with Crippen molar-refractivity contribution in [3.05, 3.63) is 11.8 Å². The van der Waals surface area contributed by atoms with Gasteiger partial charge in [-0.2, -0.15) is 13.2 Å². The van der Waals surface area contributed by atoms with Crippen molar-refractivity contribution in [2.45, 2.75) is 44.7 Å². The Balaban J connectivity index is 2.49. The number of ketones is 1. The number of carbonyl (C=O) groups is 1. The van der Waals surface area contributed by atoms with Gasteiger partial charge in [-0.3, -0.25) is 4.79 Å². The molecule has 1 rings (SSSR count). The number of carbonyl (C=O) groups excluding carboxylic acids is 1. The standard InChI is InChI=1S/C12H17F3O2/c1-17-8-10-5-3-2-4-9(10)6-7-11(16)12(13,14)15/h8-9H,2-7H2,1H3/b10-8+. The Morgan fingerprint density at radius 3 is 2.76 bits per heavy atom. The quantitative estimate of drug-likeness (QED) is 0.712. The van der Waals surface area contributed by atoms with Crippen LogP contribution < -0.4 is 0 Å². The predicted octanol–water partition coefficient (Wildman–Crippen LogP) is 3.62. The number of hydrogen-bond acceptors (Lipinski definition) is 2. The molecule has 0 N–H and O–H groups in total. The van der Waals surface area contributed by atoms with Gasteiger partial charge >= 0.3 is 6.18 Å². The van der Waals surface area contributed by atoms with E-state index in [0.717, 1.165) is 31.3 Å². The fourth-order valence-corrected chi connectivity index (χ4v) is 2.19. The molecular weight excluding hydrogens is 233 g/mol. The first-order valence-corrected chi connectivity index (χ1v) is 5.77. The van der Waals surface area contributed by atoms with Gasteiger partial charge in [-0.15, -0.1) is 0 Å². The maximum Gasteiger partial charge on any atom is 0.449 e. The zero-order chi connectivity index (χ0) is 12.9. The number of allylic oxidation sites excluding steroid dienone is 1. The first-order chi connectivity index (χ1) is 7.95. The van der Waals surface area contributed by atoms with E-state index < -0.39 is 18.4 Å². The third kappa shape index (κ3) is 4.40. The molecule has 0 aromatic carbocycles. The predicted molar refractivity (Wildman–Crippen MR) is 57.3 cm³/mol. The lowest BCUT2D eigenvalue weighted by Gasteiger charge is -2.24. The van der Waals surface area contributed by atoms with E-state index >= 15 is 0 Å². The van der Waals surface area contributed by atoms with Crippen molar-refractivity contribution >= 4 is 5.78 Å². The van der Waals surface area contributed by atoms with Gasteiger partial charge in [-0.05, 0) is 37.2 Å². The summed E-state index contributed by atoms with van der Waals surface area (Å²) in [5, 5.41) is 0. The topological polar surface area (TPSA) is 26.3 Å². The van der Waals surface area contributed by atoms with Gasteiger partial charge in [0, 0.05) is 6.42 Å². The second kappa shape index (κ2) is 6.07. The molecule has 0 spiro atoms. The maximum atomic E-state index is 12.1. The van der Waals surface area contributed by atoms with Crippen LogP contribution in [0.5, 0.6) is 0 Å². The van der Waals surface area contributed by atoms with E-state index in [2.05, 4.69) is 0 Å². The summed E-state index contributed by atoms with van der Waals surface area (Å²) in [6, 6.07) is 0. The largest absolute Gasteiger partial charge is 0.504 e. The van der Waals surface area contributed by atoms with Crippen molar-refractivity contribution in [2.24, 2.45) is 5.92 Å². The molecule has 2 nitrogen and oxygen atoms in total. The van der Waals surface area contributed by atoms with Crippen molar-refractivity contribution in [3.8, 4) is 0 Å². The molecule has 1 aliphatic rings. The molecule has 1 atom stereocenters. The Hall–Kier alpha value is -1.00. The van der Waals surface area contributed by atoms with Crippen LogP contribution in [0.3, 0.4) is 0 Å². The van der Waals surface area contributed by atoms with Crippen LogP contribution in [0.4, 0.5) is 13.2 Å². The van der Waals surface area contributed by atoms with Crippen LogP contribution in [0.2, 0.25) is 0 Å². The summed E-state index contributed by atoms with van der Waals surface area (Å²) < 4.78 is 41.1. The van der Waals surface area contributed by atoms with Gasteiger partial charge in [0.15, 0.2) is 0 Å². The lowest BCUT2D eigenvalue weighted by molar-refractivity contribution is -0.171. The summed E-state index contributed by atoms with van der Waals surface area (Å²) in [5.41, 5.74) is 1.04. The van der Waals surface area contributed by atoms with Crippen molar-refractivity contribution in [1.29, 1.82) is 0 Å². The van der Waals surface area contributed by atoms with E-state index in [0.29, 0.717) is 0 Å². The van der Waals surface area contributed by atoms with Crippen molar-refractivity contribution < 1.29 is 22.7 Å². The van der Waals surface area contributed by atoms with Crippen molar-refractivity contribution in [2.75, 3.05) is 7.11 Å². The molecule has 98 valence electrons. The fraction of sp³-hybridized carbons (Fsp3) is 0.750. The molecule has 1 saturated carbocycles. The fourth-order valence-electron chi connectivity index (χ4n) is 2.19. The van der Waals surface area contributed by atoms with Crippen molar-refractivity contribution in [1.82, 2.24) is 0 Å². The molecule has 0 aliphatic heterocycles.